The summed E-state index contributed by atoms with van der Waals surface area (Å²) < 4.78 is 32.4. The van der Waals surface area contributed by atoms with Crippen LogP contribution < -0.4 is 5.32 Å². The zero-order valence-electron chi connectivity index (χ0n) is 12.6. The maximum Gasteiger partial charge on any atom is 0.147 e. The van der Waals surface area contributed by atoms with Gasteiger partial charge in [0.2, 0.25) is 0 Å². The lowest BCUT2D eigenvalue weighted by atomic mass is 10.3. The zero-order valence-corrected chi connectivity index (χ0v) is 13.5. The highest BCUT2D eigenvalue weighted by molar-refractivity contribution is 7.90. The van der Waals surface area contributed by atoms with Crippen LogP contribution in [0.5, 0.6) is 0 Å². The van der Waals surface area contributed by atoms with E-state index in [1.54, 1.807) is 0 Å². The van der Waals surface area contributed by atoms with Crippen molar-refractivity contribution in [3.63, 3.8) is 0 Å². The molecule has 0 rings (SSSR count). The molecule has 1 unspecified atom stereocenters. The van der Waals surface area contributed by atoms with Gasteiger partial charge in [0.1, 0.15) is 9.84 Å². The molecule has 0 amide bonds. The van der Waals surface area contributed by atoms with Crippen LogP contribution in [0.2, 0.25) is 0 Å². The SMILES string of the molecule is CCCCOCCOCC(O)CNCCCS(C)(=O)=O. The third-order valence-corrected chi connectivity index (χ3v) is 3.60. The van der Waals surface area contributed by atoms with Gasteiger partial charge >= 0.3 is 0 Å². The highest BCUT2D eigenvalue weighted by Crippen LogP contribution is 1.90. The summed E-state index contributed by atoms with van der Waals surface area (Å²) in [6, 6.07) is 0. The number of sulfone groups is 1. The van der Waals surface area contributed by atoms with E-state index in [1.807, 2.05) is 0 Å². The van der Waals surface area contributed by atoms with E-state index in [1.165, 1.54) is 6.26 Å². The van der Waals surface area contributed by atoms with Gasteiger partial charge in [-0.2, -0.15) is 0 Å². The predicted octanol–water partition coefficient (Wildman–Crippen LogP) is 0.205. The molecule has 0 aliphatic carbocycles. The van der Waals surface area contributed by atoms with E-state index in [0.717, 1.165) is 19.4 Å². The van der Waals surface area contributed by atoms with E-state index in [2.05, 4.69) is 12.2 Å². The van der Waals surface area contributed by atoms with Crippen LogP contribution in [0.25, 0.3) is 0 Å². The summed E-state index contributed by atoms with van der Waals surface area (Å²) >= 11 is 0. The van der Waals surface area contributed by atoms with E-state index in [9.17, 15) is 13.5 Å². The molecule has 0 aromatic heterocycles. The number of nitrogens with one attached hydrogen (secondary N) is 1. The van der Waals surface area contributed by atoms with Crippen molar-refractivity contribution in [2.75, 3.05) is 51.5 Å². The van der Waals surface area contributed by atoms with Crippen LogP contribution in [0.15, 0.2) is 0 Å². The van der Waals surface area contributed by atoms with Gasteiger partial charge in [-0.3, -0.25) is 0 Å². The average molecular weight is 311 g/mol. The second-order valence-corrected chi connectivity index (χ2v) is 7.14. The maximum atomic E-state index is 10.9. The predicted molar refractivity (Wildman–Crippen MR) is 79.8 cm³/mol. The van der Waals surface area contributed by atoms with Crippen molar-refractivity contribution >= 4 is 9.84 Å². The molecular weight excluding hydrogens is 282 g/mol. The number of unbranched alkanes of at least 4 members (excludes halogenated alkanes) is 1. The van der Waals surface area contributed by atoms with E-state index in [4.69, 9.17) is 9.47 Å². The van der Waals surface area contributed by atoms with Gasteiger partial charge in [-0.05, 0) is 19.4 Å². The minimum absolute atomic E-state index is 0.168. The number of hydrogen-bond acceptors (Lipinski definition) is 6. The Labute approximate surface area is 122 Å². The maximum absolute atomic E-state index is 10.9. The van der Waals surface area contributed by atoms with Crippen LogP contribution in [0.4, 0.5) is 0 Å². The summed E-state index contributed by atoms with van der Waals surface area (Å²) in [5, 5.41) is 12.6. The van der Waals surface area contributed by atoms with Gasteiger partial charge in [-0.25, -0.2) is 8.42 Å². The summed E-state index contributed by atoms with van der Waals surface area (Å²) in [6.45, 7) is 5.13. The van der Waals surface area contributed by atoms with Crippen LogP contribution in [-0.2, 0) is 19.3 Å². The Morgan fingerprint density at radius 1 is 1.15 bits per heavy atom. The van der Waals surface area contributed by atoms with Gasteiger partial charge in [0.25, 0.3) is 0 Å². The normalized spacial score (nSPS) is 13.6. The average Bonchev–Trinajstić information content (AvgIpc) is 2.36. The molecule has 0 aromatic rings. The Kier molecular flexibility index (Phi) is 12.4. The van der Waals surface area contributed by atoms with Gasteiger partial charge < -0.3 is 19.9 Å². The molecule has 7 heteroatoms. The van der Waals surface area contributed by atoms with Gasteiger partial charge in [-0.1, -0.05) is 13.3 Å². The number of hydrogen-bond donors (Lipinski definition) is 2. The number of aliphatic hydroxyl groups is 1. The third-order valence-electron chi connectivity index (χ3n) is 2.57. The monoisotopic (exact) mass is 311 g/mol. The molecule has 0 aromatic carbocycles. The highest BCUT2D eigenvalue weighted by Gasteiger charge is 2.05. The molecular formula is C13H29NO5S. The van der Waals surface area contributed by atoms with E-state index < -0.39 is 15.9 Å². The number of aliphatic hydroxyl groups excluding tert-OH is 1. The van der Waals surface area contributed by atoms with Crippen molar-refractivity contribution in [3.8, 4) is 0 Å². The lowest BCUT2D eigenvalue weighted by Crippen LogP contribution is -2.32. The van der Waals surface area contributed by atoms with Crippen molar-refractivity contribution < 1.29 is 23.0 Å². The minimum atomic E-state index is -2.89. The second kappa shape index (κ2) is 12.5. The first-order chi connectivity index (χ1) is 9.45. The largest absolute Gasteiger partial charge is 0.389 e. The molecule has 0 saturated heterocycles. The first-order valence-corrected chi connectivity index (χ1v) is 9.23. The fourth-order valence-corrected chi connectivity index (χ4v) is 2.14. The highest BCUT2D eigenvalue weighted by atomic mass is 32.2. The van der Waals surface area contributed by atoms with Gasteiger partial charge in [0.05, 0.1) is 31.7 Å². The molecule has 0 saturated carbocycles. The first-order valence-electron chi connectivity index (χ1n) is 7.17. The Balaban J connectivity index is 3.26. The molecule has 6 nitrogen and oxygen atoms in total. The zero-order chi connectivity index (χ0) is 15.3. The van der Waals surface area contributed by atoms with Gasteiger partial charge in [0, 0.05) is 19.4 Å². The van der Waals surface area contributed by atoms with Crippen molar-refractivity contribution in [2.45, 2.75) is 32.3 Å². The summed E-state index contributed by atoms with van der Waals surface area (Å²) in [5.74, 6) is 0.168. The van der Waals surface area contributed by atoms with Crippen LogP contribution in [0.1, 0.15) is 26.2 Å². The topological polar surface area (TPSA) is 84.9 Å². The Morgan fingerprint density at radius 2 is 1.85 bits per heavy atom. The number of ether oxygens (including phenoxy) is 2. The van der Waals surface area contributed by atoms with Crippen LogP contribution in [-0.4, -0.2) is 71.2 Å². The van der Waals surface area contributed by atoms with Crippen LogP contribution in [0.3, 0.4) is 0 Å². The molecule has 0 spiro atoms. The lowest BCUT2D eigenvalue weighted by Gasteiger charge is -2.12. The Morgan fingerprint density at radius 3 is 2.50 bits per heavy atom. The third kappa shape index (κ3) is 15.8. The summed E-state index contributed by atoms with van der Waals surface area (Å²) in [6.07, 6.45) is 3.37. The quantitative estimate of drug-likeness (QED) is 0.446. The molecule has 0 radical (unpaired) electrons. The summed E-state index contributed by atoms with van der Waals surface area (Å²) in [7, 11) is -2.89. The first kappa shape index (κ1) is 19.8. The van der Waals surface area contributed by atoms with Crippen molar-refractivity contribution in [3.05, 3.63) is 0 Å². The van der Waals surface area contributed by atoms with E-state index in [-0.39, 0.29) is 12.4 Å². The van der Waals surface area contributed by atoms with Gasteiger partial charge in [-0.15, -0.1) is 0 Å². The minimum Gasteiger partial charge on any atom is -0.389 e. The second-order valence-electron chi connectivity index (χ2n) is 4.88. The van der Waals surface area contributed by atoms with Gasteiger partial charge in [0.15, 0.2) is 0 Å². The molecule has 2 N–H and O–H groups in total. The fourth-order valence-electron chi connectivity index (χ4n) is 1.47. The van der Waals surface area contributed by atoms with Crippen molar-refractivity contribution in [1.82, 2.24) is 5.32 Å². The standard InChI is InChI=1S/C13H29NO5S/c1-3-4-7-18-8-9-19-12-13(15)11-14-6-5-10-20(2,16)17/h13-15H,3-12H2,1-2H3. The molecule has 0 heterocycles. The summed E-state index contributed by atoms with van der Waals surface area (Å²) in [4.78, 5) is 0. The van der Waals surface area contributed by atoms with E-state index >= 15 is 0 Å². The Bertz CT molecular complexity index is 308. The molecule has 0 bridgehead atoms. The van der Waals surface area contributed by atoms with Crippen molar-refractivity contribution in [2.24, 2.45) is 0 Å². The van der Waals surface area contributed by atoms with Crippen LogP contribution in [0, 0.1) is 0 Å². The lowest BCUT2D eigenvalue weighted by molar-refractivity contribution is 0.00400. The molecule has 0 fully saturated rings. The van der Waals surface area contributed by atoms with E-state index in [0.29, 0.717) is 32.7 Å². The Hall–Kier alpha value is -0.210. The molecule has 0 aliphatic heterocycles. The molecule has 0 aliphatic rings. The molecule has 122 valence electrons. The fraction of sp³-hybridized carbons (Fsp3) is 1.00. The summed E-state index contributed by atoms with van der Waals surface area (Å²) in [5.41, 5.74) is 0. The number of rotatable bonds is 14. The van der Waals surface area contributed by atoms with Crippen molar-refractivity contribution in [1.29, 1.82) is 0 Å². The molecule has 20 heavy (non-hydrogen) atoms. The smallest absolute Gasteiger partial charge is 0.147 e. The van der Waals surface area contributed by atoms with Crippen LogP contribution >= 0.6 is 0 Å². The molecule has 1 atom stereocenters.